The van der Waals surface area contributed by atoms with E-state index in [-0.39, 0.29) is 0 Å². The first kappa shape index (κ1) is 39.1. The van der Waals surface area contributed by atoms with E-state index in [9.17, 15) is 0 Å². The lowest BCUT2D eigenvalue weighted by atomic mass is 9.97. The molecular formula is C64H40N4. The molecular weight excluding hydrogens is 825 g/mol. The van der Waals surface area contributed by atoms with Gasteiger partial charge in [0.25, 0.3) is 0 Å². The molecule has 0 saturated heterocycles. The first-order valence-electron chi connectivity index (χ1n) is 23.0. The zero-order valence-electron chi connectivity index (χ0n) is 36.9. The second-order valence-electron chi connectivity index (χ2n) is 17.2. The van der Waals surface area contributed by atoms with Crippen LogP contribution < -0.4 is 0 Å². The maximum Gasteiger partial charge on any atom is 0.169 e. The van der Waals surface area contributed by atoms with Gasteiger partial charge in [-0.25, -0.2) is 9.97 Å². The number of fused-ring (bicyclic) bond motifs is 6. The summed E-state index contributed by atoms with van der Waals surface area (Å²) in [5.41, 5.74) is 18.1. The SMILES string of the molecule is c1cc(-n2c3ccccc3c3ccccc32)cc(-c2nc(-c3ccc(-c4cccc(-c5ccccc5)c4)cc3)cc(-c3ccc(-c4cccc(-n5c6ccccc6c6ccccc65)c4)cc3)n2)c#1. The zero-order chi connectivity index (χ0) is 45.0. The molecule has 13 aromatic rings. The van der Waals surface area contributed by atoms with Crippen molar-refractivity contribution in [2.24, 2.45) is 0 Å². The van der Waals surface area contributed by atoms with Gasteiger partial charge in [-0.15, -0.1) is 0 Å². The monoisotopic (exact) mass is 864 g/mol. The van der Waals surface area contributed by atoms with E-state index in [0.717, 1.165) is 72.7 Å². The Bertz CT molecular complexity index is 3900. The molecule has 10 aromatic carbocycles. The Morgan fingerprint density at radius 3 is 1.21 bits per heavy atom. The number of benzene rings is 9. The third-order valence-corrected chi connectivity index (χ3v) is 13.2. The van der Waals surface area contributed by atoms with Gasteiger partial charge in [-0.2, -0.15) is 0 Å². The standard InChI is InChI=1S/C64H40N4/c1-2-15-43(16-3-1)48-17-12-18-49(39-48)44-31-35-46(36-32-44)58-42-59(66-64(65-58)51-20-14-22-53(41-51)68-62-29-10-6-25-56(62)57-26-7-11-30-63(57)68)47-37-33-45(34-38-47)50-19-13-21-52(40-50)67-60-27-8-4-23-54(60)55-24-5-9-28-61(55)67/h1-13,15-19,21-42H. The van der Waals surface area contributed by atoms with Gasteiger partial charge >= 0.3 is 0 Å². The van der Waals surface area contributed by atoms with Crippen molar-refractivity contribution in [3.63, 3.8) is 0 Å². The molecule has 0 aliphatic rings. The van der Waals surface area contributed by atoms with Crippen molar-refractivity contribution < 1.29 is 0 Å². The van der Waals surface area contributed by atoms with Crippen molar-refractivity contribution >= 4 is 43.6 Å². The van der Waals surface area contributed by atoms with Crippen molar-refractivity contribution in [1.29, 1.82) is 0 Å². The molecule has 0 radical (unpaired) electrons. The van der Waals surface area contributed by atoms with Crippen LogP contribution in [0.5, 0.6) is 0 Å². The molecule has 3 heterocycles. The molecule has 13 rings (SSSR count). The Labute approximate surface area is 394 Å². The van der Waals surface area contributed by atoms with E-state index >= 15 is 0 Å². The molecule has 4 nitrogen and oxygen atoms in total. The van der Waals surface area contributed by atoms with E-state index in [0.29, 0.717) is 5.82 Å². The van der Waals surface area contributed by atoms with Gasteiger partial charge in [-0.1, -0.05) is 194 Å². The number of nitrogens with zero attached hydrogens (tertiary/aromatic N) is 4. The van der Waals surface area contributed by atoms with Crippen molar-refractivity contribution in [2.45, 2.75) is 0 Å². The predicted molar refractivity (Wildman–Crippen MR) is 281 cm³/mol. The summed E-state index contributed by atoms with van der Waals surface area (Å²) >= 11 is 0. The Hall–Kier alpha value is -9.30. The minimum absolute atomic E-state index is 0.582. The second-order valence-corrected chi connectivity index (χ2v) is 17.2. The van der Waals surface area contributed by atoms with Crippen molar-refractivity contribution in [3.8, 4) is 78.7 Å². The van der Waals surface area contributed by atoms with Gasteiger partial charge in [-0.3, -0.25) is 0 Å². The fraction of sp³-hybridized carbons (Fsp3) is 0. The molecule has 0 aliphatic heterocycles. The highest BCUT2D eigenvalue weighted by molar-refractivity contribution is 6.10. The van der Waals surface area contributed by atoms with Gasteiger partial charge in [0.1, 0.15) is 0 Å². The summed E-state index contributed by atoms with van der Waals surface area (Å²) < 4.78 is 4.66. The van der Waals surface area contributed by atoms with Crippen LogP contribution in [0.4, 0.5) is 0 Å². The first-order valence-corrected chi connectivity index (χ1v) is 23.0. The van der Waals surface area contributed by atoms with E-state index in [2.05, 4.69) is 258 Å². The summed E-state index contributed by atoms with van der Waals surface area (Å²) in [6.45, 7) is 0. The number of rotatable bonds is 8. The Kier molecular flexibility index (Phi) is 9.37. The minimum Gasteiger partial charge on any atom is -0.309 e. The van der Waals surface area contributed by atoms with Crippen LogP contribution in [0.25, 0.3) is 122 Å². The Morgan fingerprint density at radius 1 is 0.294 bits per heavy atom. The molecule has 0 aliphatic carbocycles. The topological polar surface area (TPSA) is 35.6 Å². The quantitative estimate of drug-likeness (QED) is 0.153. The molecule has 316 valence electrons. The molecule has 0 spiro atoms. The number of hydrogen-bond acceptors (Lipinski definition) is 2. The normalized spacial score (nSPS) is 11.4. The molecule has 3 aromatic heterocycles. The summed E-state index contributed by atoms with van der Waals surface area (Å²) in [6, 6.07) is 92.9. The van der Waals surface area contributed by atoms with Gasteiger partial charge in [0.05, 0.1) is 44.7 Å². The smallest absolute Gasteiger partial charge is 0.169 e. The first-order chi connectivity index (χ1) is 33.7. The highest BCUT2D eigenvalue weighted by Gasteiger charge is 2.17. The van der Waals surface area contributed by atoms with Crippen molar-refractivity contribution in [2.75, 3.05) is 0 Å². The van der Waals surface area contributed by atoms with Crippen LogP contribution in [0.2, 0.25) is 0 Å². The van der Waals surface area contributed by atoms with Crippen LogP contribution in [-0.4, -0.2) is 19.1 Å². The van der Waals surface area contributed by atoms with Gasteiger partial charge in [0, 0.05) is 44.4 Å². The van der Waals surface area contributed by atoms with E-state index in [4.69, 9.17) is 9.97 Å². The molecule has 0 bridgehead atoms. The van der Waals surface area contributed by atoms with Crippen LogP contribution >= 0.6 is 0 Å². The van der Waals surface area contributed by atoms with Crippen LogP contribution in [0.1, 0.15) is 0 Å². The summed E-state index contributed by atoms with van der Waals surface area (Å²) in [4.78, 5) is 10.6. The lowest BCUT2D eigenvalue weighted by Crippen LogP contribution is -1.98. The average Bonchev–Trinajstić information content (AvgIpc) is 3.94. The summed E-state index contributed by atoms with van der Waals surface area (Å²) in [7, 11) is 0. The van der Waals surface area contributed by atoms with E-state index < -0.39 is 0 Å². The van der Waals surface area contributed by atoms with Crippen LogP contribution in [0.15, 0.2) is 243 Å². The number of hydrogen-bond donors (Lipinski definition) is 0. The van der Waals surface area contributed by atoms with Gasteiger partial charge in [0.2, 0.25) is 0 Å². The number of para-hydroxylation sites is 4. The fourth-order valence-electron chi connectivity index (χ4n) is 9.93. The van der Waals surface area contributed by atoms with E-state index in [1.54, 1.807) is 0 Å². The zero-order valence-corrected chi connectivity index (χ0v) is 36.9. The highest BCUT2D eigenvalue weighted by Crippen LogP contribution is 2.37. The minimum atomic E-state index is 0.582. The lowest BCUT2D eigenvalue weighted by molar-refractivity contribution is 1.16. The summed E-state index contributed by atoms with van der Waals surface area (Å²) in [5, 5.41) is 4.91. The van der Waals surface area contributed by atoms with E-state index in [1.165, 1.54) is 43.7 Å². The maximum atomic E-state index is 5.28. The largest absolute Gasteiger partial charge is 0.309 e. The van der Waals surface area contributed by atoms with Crippen LogP contribution in [-0.2, 0) is 0 Å². The summed E-state index contributed by atoms with van der Waals surface area (Å²) in [5.74, 6) is 0.582. The summed E-state index contributed by atoms with van der Waals surface area (Å²) in [6.07, 6.45) is 0. The molecule has 0 amide bonds. The Morgan fingerprint density at radius 2 is 0.691 bits per heavy atom. The molecule has 0 unspecified atom stereocenters. The van der Waals surface area contributed by atoms with Crippen molar-refractivity contribution in [1.82, 2.24) is 19.1 Å². The van der Waals surface area contributed by atoms with Gasteiger partial charge in [-0.05, 0) is 88.0 Å². The highest BCUT2D eigenvalue weighted by atomic mass is 15.0. The average molecular weight is 865 g/mol. The van der Waals surface area contributed by atoms with Crippen molar-refractivity contribution in [3.05, 3.63) is 255 Å². The third-order valence-electron chi connectivity index (χ3n) is 13.2. The molecule has 4 heteroatoms. The van der Waals surface area contributed by atoms with E-state index in [1.807, 2.05) is 6.07 Å². The van der Waals surface area contributed by atoms with Crippen LogP contribution in [0, 0.1) is 12.1 Å². The van der Waals surface area contributed by atoms with Gasteiger partial charge in [0.15, 0.2) is 5.82 Å². The third kappa shape index (κ3) is 6.81. The number of aromatic nitrogens is 4. The molecule has 68 heavy (non-hydrogen) atoms. The lowest BCUT2D eigenvalue weighted by Gasteiger charge is -2.12. The second kappa shape index (κ2) is 16.3. The van der Waals surface area contributed by atoms with Crippen LogP contribution in [0.3, 0.4) is 0 Å². The van der Waals surface area contributed by atoms with Gasteiger partial charge < -0.3 is 9.13 Å². The molecule has 0 N–H and O–H groups in total. The molecule has 0 saturated carbocycles. The maximum absolute atomic E-state index is 5.28. The predicted octanol–water partition coefficient (Wildman–Crippen LogP) is 16.3. The molecule has 0 atom stereocenters. The fourth-order valence-corrected chi connectivity index (χ4v) is 9.93. The Balaban J connectivity index is 0.899. The molecule has 0 fully saturated rings.